The lowest BCUT2D eigenvalue weighted by atomic mass is 9.82. The zero-order valence-electron chi connectivity index (χ0n) is 9.66. The summed E-state index contributed by atoms with van der Waals surface area (Å²) in [7, 11) is 0. The molecule has 4 heteroatoms. The molecule has 1 N–H and O–H groups in total. The normalized spacial score (nSPS) is 26.7. The third-order valence-corrected chi connectivity index (χ3v) is 3.54. The fourth-order valence-corrected chi connectivity index (χ4v) is 2.35. The first-order chi connectivity index (χ1) is 7.84. The van der Waals surface area contributed by atoms with E-state index in [1.54, 1.807) is 0 Å². The number of rotatable bonds is 2. The van der Waals surface area contributed by atoms with E-state index in [1.807, 2.05) is 6.92 Å². The van der Waals surface area contributed by atoms with Gasteiger partial charge in [-0.25, -0.2) is 4.98 Å². The SMILES string of the molecule is Cc1oc(C2CNCCO2)nc1C1CCC1. The topological polar surface area (TPSA) is 47.3 Å². The number of hydrogen-bond acceptors (Lipinski definition) is 4. The second-order valence-corrected chi connectivity index (χ2v) is 4.68. The molecule has 0 bridgehead atoms. The lowest BCUT2D eigenvalue weighted by Crippen LogP contribution is -2.33. The lowest BCUT2D eigenvalue weighted by Gasteiger charge is -2.23. The average molecular weight is 222 g/mol. The molecule has 0 amide bonds. The number of aryl methyl sites for hydroxylation is 1. The van der Waals surface area contributed by atoms with Crippen molar-refractivity contribution in [1.82, 2.24) is 10.3 Å². The molecular weight excluding hydrogens is 204 g/mol. The Balaban J connectivity index is 1.79. The standard InChI is InChI=1S/C12H18N2O2/c1-8-11(9-3-2-4-9)14-12(16-8)10-7-13-5-6-15-10/h9-10,13H,2-7H2,1H3. The minimum Gasteiger partial charge on any atom is -0.443 e. The highest BCUT2D eigenvalue weighted by Crippen LogP contribution is 2.38. The van der Waals surface area contributed by atoms with Crippen molar-refractivity contribution in [2.45, 2.75) is 38.2 Å². The van der Waals surface area contributed by atoms with Gasteiger partial charge in [-0.3, -0.25) is 0 Å². The molecule has 1 atom stereocenters. The third kappa shape index (κ3) is 1.76. The maximum absolute atomic E-state index is 5.73. The van der Waals surface area contributed by atoms with E-state index in [-0.39, 0.29) is 6.10 Å². The summed E-state index contributed by atoms with van der Waals surface area (Å²) in [5.74, 6) is 2.37. The summed E-state index contributed by atoms with van der Waals surface area (Å²) in [6, 6.07) is 0. The van der Waals surface area contributed by atoms with Gasteiger partial charge in [0, 0.05) is 19.0 Å². The Morgan fingerprint density at radius 2 is 2.25 bits per heavy atom. The summed E-state index contributed by atoms with van der Waals surface area (Å²) in [6.45, 7) is 4.49. The summed E-state index contributed by atoms with van der Waals surface area (Å²) >= 11 is 0. The number of nitrogens with zero attached hydrogens (tertiary/aromatic N) is 1. The van der Waals surface area contributed by atoms with Crippen LogP contribution in [0.1, 0.15) is 48.6 Å². The number of aromatic nitrogens is 1. The minimum absolute atomic E-state index is 0.00118. The quantitative estimate of drug-likeness (QED) is 0.830. The maximum Gasteiger partial charge on any atom is 0.225 e. The molecule has 1 aromatic heterocycles. The van der Waals surface area contributed by atoms with E-state index in [2.05, 4.69) is 10.3 Å². The summed E-state index contributed by atoms with van der Waals surface area (Å²) in [5.41, 5.74) is 1.16. The molecule has 2 aliphatic rings. The summed E-state index contributed by atoms with van der Waals surface area (Å²) < 4.78 is 11.4. The van der Waals surface area contributed by atoms with Crippen LogP contribution in [0.5, 0.6) is 0 Å². The molecule has 1 unspecified atom stereocenters. The summed E-state index contributed by atoms with van der Waals surface area (Å²) in [6.07, 6.45) is 3.85. The zero-order chi connectivity index (χ0) is 11.0. The number of hydrogen-bond donors (Lipinski definition) is 1. The molecule has 4 nitrogen and oxygen atoms in total. The van der Waals surface area contributed by atoms with Crippen LogP contribution in [0.2, 0.25) is 0 Å². The first-order valence-electron chi connectivity index (χ1n) is 6.14. The maximum atomic E-state index is 5.73. The second-order valence-electron chi connectivity index (χ2n) is 4.68. The third-order valence-electron chi connectivity index (χ3n) is 3.54. The molecule has 0 radical (unpaired) electrons. The van der Waals surface area contributed by atoms with Gasteiger partial charge in [-0.1, -0.05) is 6.42 Å². The summed E-state index contributed by atoms with van der Waals surface area (Å²) in [5, 5.41) is 3.29. The molecule has 1 saturated carbocycles. The molecular formula is C12H18N2O2. The first kappa shape index (κ1) is 10.3. The Morgan fingerprint density at radius 1 is 1.38 bits per heavy atom. The molecule has 0 aromatic carbocycles. The molecule has 1 aliphatic heterocycles. The van der Waals surface area contributed by atoms with Crippen molar-refractivity contribution in [2.24, 2.45) is 0 Å². The second kappa shape index (κ2) is 4.18. The van der Waals surface area contributed by atoms with Crippen LogP contribution in [0.4, 0.5) is 0 Å². The molecule has 0 spiro atoms. The van der Waals surface area contributed by atoms with E-state index in [4.69, 9.17) is 9.15 Å². The van der Waals surface area contributed by atoms with Crippen LogP contribution in [-0.4, -0.2) is 24.7 Å². The van der Waals surface area contributed by atoms with Gasteiger partial charge in [0.1, 0.15) is 11.9 Å². The summed E-state index contributed by atoms with van der Waals surface area (Å²) in [4.78, 5) is 4.62. The predicted octanol–water partition coefficient (Wildman–Crippen LogP) is 1.91. The fourth-order valence-electron chi connectivity index (χ4n) is 2.35. The Bertz CT molecular complexity index is 365. The van der Waals surface area contributed by atoms with Crippen LogP contribution in [0.3, 0.4) is 0 Å². The van der Waals surface area contributed by atoms with Crippen molar-refractivity contribution in [2.75, 3.05) is 19.7 Å². The Hall–Kier alpha value is -0.870. The number of ether oxygens (including phenoxy) is 1. The van der Waals surface area contributed by atoms with Crippen LogP contribution in [0.25, 0.3) is 0 Å². The van der Waals surface area contributed by atoms with Crippen molar-refractivity contribution < 1.29 is 9.15 Å². The van der Waals surface area contributed by atoms with Crippen molar-refractivity contribution in [3.05, 3.63) is 17.3 Å². The van der Waals surface area contributed by atoms with Gasteiger partial charge in [-0.15, -0.1) is 0 Å². The first-order valence-corrected chi connectivity index (χ1v) is 6.14. The molecule has 1 saturated heterocycles. The van der Waals surface area contributed by atoms with E-state index in [0.29, 0.717) is 5.92 Å². The van der Waals surface area contributed by atoms with E-state index >= 15 is 0 Å². The van der Waals surface area contributed by atoms with Crippen LogP contribution in [0, 0.1) is 6.92 Å². The highest BCUT2D eigenvalue weighted by molar-refractivity contribution is 5.17. The van der Waals surface area contributed by atoms with Crippen molar-refractivity contribution in [1.29, 1.82) is 0 Å². The van der Waals surface area contributed by atoms with Gasteiger partial charge < -0.3 is 14.5 Å². The van der Waals surface area contributed by atoms with Crippen LogP contribution in [0.15, 0.2) is 4.42 Å². The molecule has 1 aliphatic carbocycles. The Labute approximate surface area is 95.4 Å². The molecule has 1 aromatic rings. The van der Waals surface area contributed by atoms with Crippen molar-refractivity contribution in [3.63, 3.8) is 0 Å². The number of nitrogens with one attached hydrogen (secondary N) is 1. The van der Waals surface area contributed by atoms with E-state index in [0.717, 1.165) is 37.0 Å². The smallest absolute Gasteiger partial charge is 0.225 e. The average Bonchev–Trinajstić information content (AvgIpc) is 2.60. The highest BCUT2D eigenvalue weighted by Gasteiger charge is 2.28. The monoisotopic (exact) mass is 222 g/mol. The van der Waals surface area contributed by atoms with Gasteiger partial charge >= 0.3 is 0 Å². The van der Waals surface area contributed by atoms with Gasteiger partial charge in [0.25, 0.3) is 0 Å². The lowest BCUT2D eigenvalue weighted by molar-refractivity contribution is 0.0104. The van der Waals surface area contributed by atoms with Crippen LogP contribution >= 0.6 is 0 Å². The molecule has 16 heavy (non-hydrogen) atoms. The van der Waals surface area contributed by atoms with E-state index < -0.39 is 0 Å². The van der Waals surface area contributed by atoms with Gasteiger partial charge in [0.05, 0.1) is 12.3 Å². The van der Waals surface area contributed by atoms with Crippen LogP contribution in [-0.2, 0) is 4.74 Å². The number of oxazole rings is 1. The molecule has 2 heterocycles. The van der Waals surface area contributed by atoms with Gasteiger partial charge in [-0.05, 0) is 19.8 Å². The van der Waals surface area contributed by atoms with Crippen molar-refractivity contribution in [3.8, 4) is 0 Å². The van der Waals surface area contributed by atoms with E-state index in [1.165, 1.54) is 19.3 Å². The predicted molar refractivity (Wildman–Crippen MR) is 59.4 cm³/mol. The highest BCUT2D eigenvalue weighted by atomic mass is 16.5. The van der Waals surface area contributed by atoms with Gasteiger partial charge in [-0.2, -0.15) is 0 Å². The van der Waals surface area contributed by atoms with Crippen molar-refractivity contribution >= 4 is 0 Å². The van der Waals surface area contributed by atoms with Gasteiger partial charge in [0.2, 0.25) is 5.89 Å². The fraction of sp³-hybridized carbons (Fsp3) is 0.750. The zero-order valence-corrected chi connectivity index (χ0v) is 9.66. The van der Waals surface area contributed by atoms with Gasteiger partial charge in [0.15, 0.2) is 0 Å². The van der Waals surface area contributed by atoms with Crippen LogP contribution < -0.4 is 5.32 Å². The Morgan fingerprint density at radius 3 is 2.88 bits per heavy atom. The minimum atomic E-state index is 0.00118. The van der Waals surface area contributed by atoms with E-state index in [9.17, 15) is 0 Å². The number of morpholine rings is 1. The molecule has 2 fully saturated rings. The molecule has 3 rings (SSSR count). The Kier molecular flexibility index (Phi) is 2.69. The largest absolute Gasteiger partial charge is 0.443 e. The molecule has 88 valence electrons.